The lowest BCUT2D eigenvalue weighted by molar-refractivity contribution is 0.0942. The summed E-state index contributed by atoms with van der Waals surface area (Å²) in [6, 6.07) is 3.53. The molecule has 20 heavy (non-hydrogen) atoms. The van der Waals surface area contributed by atoms with E-state index in [1.165, 1.54) is 12.4 Å². The van der Waals surface area contributed by atoms with Crippen LogP contribution >= 0.6 is 11.6 Å². The molecule has 6 heteroatoms. The number of hydrogen-bond donors (Lipinski definition) is 1. The van der Waals surface area contributed by atoms with Gasteiger partial charge in [-0.25, -0.2) is 0 Å². The molecule has 1 saturated carbocycles. The minimum Gasteiger partial charge on any atom is -0.351 e. The predicted molar refractivity (Wildman–Crippen MR) is 75.5 cm³/mol. The van der Waals surface area contributed by atoms with Crippen molar-refractivity contribution in [1.82, 2.24) is 20.1 Å². The molecule has 0 spiro atoms. The standard InChI is InChI=1S/C14H15ClN4O/c15-12-6-11(7-16-8-12)13(20)17-9-14(2-3-14)10-19-5-1-4-18-19/h1,4-8H,2-3,9-10H2,(H,17,20). The molecule has 5 nitrogen and oxygen atoms in total. The highest BCUT2D eigenvalue weighted by Crippen LogP contribution is 2.46. The molecule has 0 aromatic carbocycles. The van der Waals surface area contributed by atoms with Crippen molar-refractivity contribution in [1.29, 1.82) is 0 Å². The number of halogens is 1. The average molecular weight is 291 g/mol. The van der Waals surface area contributed by atoms with Crippen LogP contribution in [0.1, 0.15) is 23.2 Å². The molecular formula is C14H15ClN4O. The fourth-order valence-corrected chi connectivity index (χ4v) is 2.38. The molecule has 2 aromatic heterocycles. The highest BCUT2D eigenvalue weighted by molar-refractivity contribution is 6.30. The number of amides is 1. The molecule has 1 amide bonds. The van der Waals surface area contributed by atoms with Gasteiger partial charge in [-0.15, -0.1) is 0 Å². The van der Waals surface area contributed by atoms with Crippen molar-refractivity contribution in [2.24, 2.45) is 5.41 Å². The zero-order valence-electron chi connectivity index (χ0n) is 10.9. The van der Waals surface area contributed by atoms with Crippen LogP contribution in [-0.4, -0.2) is 27.2 Å². The van der Waals surface area contributed by atoms with Gasteiger partial charge >= 0.3 is 0 Å². The summed E-state index contributed by atoms with van der Waals surface area (Å²) in [6.07, 6.45) is 8.98. The predicted octanol–water partition coefficient (Wildman–Crippen LogP) is 2.14. The van der Waals surface area contributed by atoms with Gasteiger partial charge in [-0.1, -0.05) is 11.6 Å². The summed E-state index contributed by atoms with van der Waals surface area (Å²) < 4.78 is 1.92. The first kappa shape index (κ1) is 13.1. The molecule has 1 fully saturated rings. The molecule has 3 rings (SSSR count). The van der Waals surface area contributed by atoms with E-state index in [0.29, 0.717) is 17.1 Å². The molecule has 2 aromatic rings. The Hall–Kier alpha value is -1.88. The molecule has 0 radical (unpaired) electrons. The van der Waals surface area contributed by atoms with E-state index in [1.54, 1.807) is 12.3 Å². The van der Waals surface area contributed by atoms with E-state index in [9.17, 15) is 4.79 Å². The summed E-state index contributed by atoms with van der Waals surface area (Å²) in [4.78, 5) is 16.0. The van der Waals surface area contributed by atoms with Gasteiger partial charge in [0.15, 0.2) is 0 Å². The second kappa shape index (κ2) is 5.25. The van der Waals surface area contributed by atoms with Crippen molar-refractivity contribution in [3.63, 3.8) is 0 Å². The third kappa shape index (κ3) is 2.99. The van der Waals surface area contributed by atoms with Crippen LogP contribution in [0.3, 0.4) is 0 Å². The van der Waals surface area contributed by atoms with Gasteiger partial charge in [-0.05, 0) is 25.0 Å². The SMILES string of the molecule is O=C(NCC1(Cn2cccn2)CC1)c1cncc(Cl)c1. The smallest absolute Gasteiger partial charge is 0.252 e. The van der Waals surface area contributed by atoms with Crippen LogP contribution in [0.15, 0.2) is 36.9 Å². The highest BCUT2D eigenvalue weighted by atomic mass is 35.5. The molecule has 2 heterocycles. The number of nitrogens with one attached hydrogen (secondary N) is 1. The Morgan fingerprint density at radius 3 is 2.95 bits per heavy atom. The van der Waals surface area contributed by atoms with Crippen LogP contribution in [0.4, 0.5) is 0 Å². The van der Waals surface area contributed by atoms with Crippen LogP contribution in [0.25, 0.3) is 0 Å². The van der Waals surface area contributed by atoms with E-state index < -0.39 is 0 Å². The number of rotatable bonds is 5. The monoisotopic (exact) mass is 290 g/mol. The zero-order valence-corrected chi connectivity index (χ0v) is 11.7. The van der Waals surface area contributed by atoms with Gasteiger partial charge in [0.2, 0.25) is 0 Å². The quantitative estimate of drug-likeness (QED) is 0.918. The largest absolute Gasteiger partial charge is 0.351 e. The van der Waals surface area contributed by atoms with E-state index in [-0.39, 0.29) is 11.3 Å². The molecule has 0 saturated heterocycles. The summed E-state index contributed by atoms with van der Waals surface area (Å²) in [5.74, 6) is -0.133. The minimum atomic E-state index is -0.133. The van der Waals surface area contributed by atoms with Crippen LogP contribution in [0.5, 0.6) is 0 Å². The molecule has 1 aliphatic carbocycles. The van der Waals surface area contributed by atoms with Gasteiger partial charge in [0, 0.05) is 43.3 Å². The van der Waals surface area contributed by atoms with Crippen molar-refractivity contribution in [3.8, 4) is 0 Å². The van der Waals surface area contributed by atoms with Crippen LogP contribution in [0, 0.1) is 5.41 Å². The van der Waals surface area contributed by atoms with Gasteiger partial charge in [0.25, 0.3) is 5.91 Å². The molecule has 1 N–H and O–H groups in total. The molecule has 0 bridgehead atoms. The fourth-order valence-electron chi connectivity index (χ4n) is 2.21. The van der Waals surface area contributed by atoms with E-state index in [1.807, 2.05) is 16.9 Å². The number of carbonyl (C=O) groups is 1. The number of pyridine rings is 1. The van der Waals surface area contributed by atoms with Gasteiger partial charge in [0.05, 0.1) is 10.6 Å². The van der Waals surface area contributed by atoms with Gasteiger partial charge in [0.1, 0.15) is 0 Å². The van der Waals surface area contributed by atoms with Gasteiger partial charge < -0.3 is 5.32 Å². The Bertz CT molecular complexity index is 607. The fraction of sp³-hybridized carbons (Fsp3) is 0.357. The Balaban J connectivity index is 1.58. The Labute approximate surface area is 122 Å². The summed E-state index contributed by atoms with van der Waals surface area (Å²) in [5, 5.41) is 7.65. The maximum absolute atomic E-state index is 12.0. The molecule has 1 aliphatic rings. The number of carbonyl (C=O) groups excluding carboxylic acids is 1. The summed E-state index contributed by atoms with van der Waals surface area (Å²) >= 11 is 5.83. The summed E-state index contributed by atoms with van der Waals surface area (Å²) in [7, 11) is 0. The Kier molecular flexibility index (Phi) is 3.44. The first-order valence-electron chi connectivity index (χ1n) is 6.53. The maximum Gasteiger partial charge on any atom is 0.252 e. The van der Waals surface area contributed by atoms with Crippen molar-refractivity contribution < 1.29 is 4.79 Å². The summed E-state index contributed by atoms with van der Waals surface area (Å²) in [6.45, 7) is 1.49. The summed E-state index contributed by atoms with van der Waals surface area (Å²) in [5.41, 5.74) is 0.639. The first-order valence-corrected chi connectivity index (χ1v) is 6.91. The number of hydrogen-bond acceptors (Lipinski definition) is 3. The van der Waals surface area contributed by atoms with Crippen LogP contribution < -0.4 is 5.32 Å². The topological polar surface area (TPSA) is 59.8 Å². The second-order valence-electron chi connectivity index (χ2n) is 5.28. The lowest BCUT2D eigenvalue weighted by atomic mass is 10.1. The van der Waals surface area contributed by atoms with E-state index in [2.05, 4.69) is 15.4 Å². The van der Waals surface area contributed by atoms with Crippen molar-refractivity contribution in [3.05, 3.63) is 47.5 Å². The third-order valence-electron chi connectivity index (χ3n) is 3.60. The first-order chi connectivity index (χ1) is 9.67. The maximum atomic E-state index is 12.0. The molecule has 0 aliphatic heterocycles. The Morgan fingerprint density at radius 1 is 1.45 bits per heavy atom. The Morgan fingerprint density at radius 2 is 2.30 bits per heavy atom. The molecule has 104 valence electrons. The van der Waals surface area contributed by atoms with Gasteiger partial charge in [-0.3, -0.25) is 14.5 Å². The third-order valence-corrected chi connectivity index (χ3v) is 3.81. The molecule has 0 atom stereocenters. The van der Waals surface area contributed by atoms with E-state index in [4.69, 9.17) is 11.6 Å². The molecular weight excluding hydrogens is 276 g/mol. The number of aromatic nitrogens is 3. The number of nitrogens with zero attached hydrogens (tertiary/aromatic N) is 3. The van der Waals surface area contributed by atoms with Crippen molar-refractivity contribution in [2.45, 2.75) is 19.4 Å². The zero-order chi connectivity index (χ0) is 14.0. The lowest BCUT2D eigenvalue weighted by Gasteiger charge is -2.16. The van der Waals surface area contributed by atoms with Crippen LogP contribution in [-0.2, 0) is 6.54 Å². The normalized spacial score (nSPS) is 15.8. The van der Waals surface area contributed by atoms with E-state index >= 15 is 0 Å². The second-order valence-corrected chi connectivity index (χ2v) is 5.71. The average Bonchev–Trinajstić information content (AvgIpc) is 3.01. The minimum absolute atomic E-state index is 0.133. The van der Waals surface area contributed by atoms with E-state index in [0.717, 1.165) is 19.4 Å². The highest BCUT2D eigenvalue weighted by Gasteiger charge is 2.43. The lowest BCUT2D eigenvalue weighted by Crippen LogP contribution is -2.32. The van der Waals surface area contributed by atoms with Crippen LogP contribution in [0.2, 0.25) is 5.02 Å². The molecule has 0 unspecified atom stereocenters. The van der Waals surface area contributed by atoms with Crippen molar-refractivity contribution >= 4 is 17.5 Å². The van der Waals surface area contributed by atoms with Crippen molar-refractivity contribution in [2.75, 3.05) is 6.54 Å². The van der Waals surface area contributed by atoms with Gasteiger partial charge in [-0.2, -0.15) is 5.10 Å².